The number of phenols is 2. The summed E-state index contributed by atoms with van der Waals surface area (Å²) in [5.41, 5.74) is 3.70. The largest absolute Gasteiger partial charge is 0.504 e. The molecular weight excluding hydrogens is 196 g/mol. The van der Waals surface area contributed by atoms with E-state index < -0.39 is 0 Å². The van der Waals surface area contributed by atoms with Crippen molar-refractivity contribution in [3.63, 3.8) is 0 Å². The third-order valence-corrected chi connectivity index (χ3v) is 1.98. The molecule has 0 spiro atoms. The summed E-state index contributed by atoms with van der Waals surface area (Å²) in [6.07, 6.45) is 0.652. The van der Waals surface area contributed by atoms with E-state index in [1.54, 1.807) is 6.92 Å². The lowest BCUT2D eigenvalue weighted by molar-refractivity contribution is -0.104. The van der Waals surface area contributed by atoms with E-state index in [4.69, 9.17) is 10.9 Å². The van der Waals surface area contributed by atoms with Crippen LogP contribution in [0.2, 0.25) is 0 Å². The van der Waals surface area contributed by atoms with E-state index >= 15 is 0 Å². The van der Waals surface area contributed by atoms with Crippen LogP contribution in [0.4, 0.5) is 0 Å². The Hall–Kier alpha value is -2.01. The molecule has 0 atom stereocenters. The molecule has 5 heteroatoms. The van der Waals surface area contributed by atoms with Gasteiger partial charge in [-0.25, -0.2) is 0 Å². The van der Waals surface area contributed by atoms with Crippen LogP contribution in [-0.4, -0.2) is 16.5 Å². The molecule has 0 aromatic heterocycles. The molecule has 0 aliphatic rings. The summed E-state index contributed by atoms with van der Waals surface area (Å²) >= 11 is 0. The lowest BCUT2D eigenvalue weighted by Crippen LogP contribution is -2.21. The lowest BCUT2D eigenvalue weighted by Gasteiger charge is -2.09. The summed E-state index contributed by atoms with van der Waals surface area (Å²) in [7, 11) is 0. The fourth-order valence-corrected chi connectivity index (χ4v) is 1.16. The summed E-state index contributed by atoms with van der Waals surface area (Å²) in [4.78, 5) is 10.6. The highest BCUT2D eigenvalue weighted by Crippen LogP contribution is 2.27. The first-order valence-electron chi connectivity index (χ1n) is 4.25. The van der Waals surface area contributed by atoms with E-state index in [1.165, 1.54) is 18.2 Å². The van der Waals surface area contributed by atoms with Crippen LogP contribution >= 0.6 is 0 Å². The van der Waals surface area contributed by atoms with E-state index in [0.29, 0.717) is 23.1 Å². The molecule has 15 heavy (non-hydrogen) atoms. The van der Waals surface area contributed by atoms with E-state index in [0.717, 1.165) is 0 Å². The van der Waals surface area contributed by atoms with Gasteiger partial charge in [0.2, 0.25) is 0 Å². The van der Waals surface area contributed by atoms with Gasteiger partial charge < -0.3 is 15.6 Å². The minimum atomic E-state index is -0.265. The van der Waals surface area contributed by atoms with Crippen molar-refractivity contribution in [2.45, 2.75) is 6.92 Å². The molecule has 1 rings (SSSR count). The zero-order valence-electron chi connectivity index (χ0n) is 8.19. The van der Waals surface area contributed by atoms with Crippen LogP contribution in [0.25, 0.3) is 5.70 Å². The monoisotopic (exact) mass is 208 g/mol. The van der Waals surface area contributed by atoms with Crippen molar-refractivity contribution in [3.05, 3.63) is 29.3 Å². The molecule has 5 N–H and O–H groups in total. The molecule has 0 amide bonds. The molecule has 1 aromatic carbocycles. The first kappa shape index (κ1) is 11.1. The minimum absolute atomic E-state index is 0.223. The Kier molecular flexibility index (Phi) is 3.30. The number of carbonyl (C=O) groups excluding carboxylic acids is 1. The average molecular weight is 208 g/mol. The fraction of sp³-hybridized carbons (Fsp3) is 0.100. The smallest absolute Gasteiger partial charge is 0.158 e. The first-order chi connectivity index (χ1) is 7.10. The van der Waals surface area contributed by atoms with Crippen molar-refractivity contribution in [1.29, 1.82) is 0 Å². The number of benzene rings is 1. The summed E-state index contributed by atoms with van der Waals surface area (Å²) in [6.45, 7) is 1.59. The van der Waals surface area contributed by atoms with Crippen molar-refractivity contribution >= 4 is 12.0 Å². The molecule has 0 aliphatic carbocycles. The predicted molar refractivity (Wildman–Crippen MR) is 55.8 cm³/mol. The van der Waals surface area contributed by atoms with E-state index in [2.05, 4.69) is 5.43 Å². The van der Waals surface area contributed by atoms with E-state index in [9.17, 15) is 9.90 Å². The molecule has 5 nitrogen and oxygen atoms in total. The second kappa shape index (κ2) is 4.47. The quantitative estimate of drug-likeness (QED) is 0.191. The van der Waals surface area contributed by atoms with Crippen molar-refractivity contribution in [2.24, 2.45) is 5.84 Å². The first-order valence-corrected chi connectivity index (χ1v) is 4.25. The molecule has 0 radical (unpaired) electrons. The van der Waals surface area contributed by atoms with Gasteiger partial charge in [-0.2, -0.15) is 0 Å². The maximum absolute atomic E-state index is 10.6. The summed E-state index contributed by atoms with van der Waals surface area (Å²) < 4.78 is 0. The Morgan fingerprint density at radius 3 is 2.53 bits per heavy atom. The molecule has 0 fully saturated rings. The van der Waals surface area contributed by atoms with Gasteiger partial charge in [0.15, 0.2) is 11.5 Å². The number of hydrogen-bond acceptors (Lipinski definition) is 5. The van der Waals surface area contributed by atoms with Gasteiger partial charge in [0.25, 0.3) is 0 Å². The third-order valence-electron chi connectivity index (χ3n) is 1.98. The SMILES string of the molecule is CC(C=O)=C(NN)c1ccc(O)c(O)c1. The Morgan fingerprint density at radius 1 is 1.40 bits per heavy atom. The fourth-order valence-electron chi connectivity index (χ4n) is 1.16. The molecule has 0 aliphatic heterocycles. The van der Waals surface area contributed by atoms with Crippen LogP contribution in [-0.2, 0) is 4.79 Å². The molecule has 0 saturated heterocycles. The van der Waals surface area contributed by atoms with E-state index in [-0.39, 0.29) is 11.5 Å². The number of nitrogens with one attached hydrogen (secondary N) is 1. The Labute approximate surface area is 86.8 Å². The van der Waals surface area contributed by atoms with Gasteiger partial charge in [0.1, 0.15) is 6.29 Å². The molecule has 80 valence electrons. The summed E-state index contributed by atoms with van der Waals surface area (Å²) in [5, 5.41) is 18.4. The van der Waals surface area contributed by atoms with Crippen LogP contribution in [0.5, 0.6) is 11.5 Å². The zero-order valence-corrected chi connectivity index (χ0v) is 8.19. The molecule has 0 bridgehead atoms. The number of carbonyl (C=O) groups is 1. The number of phenolic OH excluding ortho intramolecular Hbond substituents is 2. The Morgan fingerprint density at radius 2 is 2.07 bits per heavy atom. The number of hydrazine groups is 1. The van der Waals surface area contributed by atoms with Crippen LogP contribution < -0.4 is 11.3 Å². The van der Waals surface area contributed by atoms with Crippen LogP contribution in [0.1, 0.15) is 12.5 Å². The number of aromatic hydroxyl groups is 2. The van der Waals surface area contributed by atoms with Gasteiger partial charge in [-0.3, -0.25) is 10.6 Å². The maximum atomic E-state index is 10.6. The summed E-state index contributed by atoms with van der Waals surface area (Å²) in [5.74, 6) is 4.77. The lowest BCUT2D eigenvalue weighted by atomic mass is 10.1. The second-order valence-electron chi connectivity index (χ2n) is 3.02. The van der Waals surface area contributed by atoms with Crippen LogP contribution in [0.15, 0.2) is 23.8 Å². The summed E-state index contributed by atoms with van der Waals surface area (Å²) in [6, 6.07) is 4.18. The van der Waals surface area contributed by atoms with Gasteiger partial charge in [0, 0.05) is 11.1 Å². The Balaban J connectivity index is 3.25. The Bertz CT molecular complexity index is 413. The van der Waals surface area contributed by atoms with Crippen LogP contribution in [0.3, 0.4) is 0 Å². The number of hydrogen-bond donors (Lipinski definition) is 4. The third kappa shape index (κ3) is 2.26. The number of aldehydes is 1. The highest BCUT2D eigenvalue weighted by atomic mass is 16.3. The molecule has 0 heterocycles. The van der Waals surface area contributed by atoms with E-state index in [1.807, 2.05) is 0 Å². The van der Waals surface area contributed by atoms with Crippen molar-refractivity contribution in [2.75, 3.05) is 0 Å². The van der Waals surface area contributed by atoms with Crippen molar-refractivity contribution < 1.29 is 15.0 Å². The normalized spacial score (nSPS) is 11.9. The predicted octanol–water partition coefficient (Wildman–Crippen LogP) is 0.491. The number of rotatable bonds is 3. The maximum Gasteiger partial charge on any atom is 0.158 e. The number of nitrogens with two attached hydrogens (primary N) is 1. The molecule has 0 unspecified atom stereocenters. The van der Waals surface area contributed by atoms with Gasteiger partial charge in [-0.05, 0) is 25.1 Å². The number of allylic oxidation sites excluding steroid dienone is 1. The average Bonchev–Trinajstić information content (AvgIpc) is 2.24. The van der Waals surface area contributed by atoms with Gasteiger partial charge in [0.05, 0.1) is 5.70 Å². The van der Waals surface area contributed by atoms with Crippen molar-refractivity contribution in [3.8, 4) is 11.5 Å². The topological polar surface area (TPSA) is 95.6 Å². The highest BCUT2D eigenvalue weighted by molar-refractivity contribution is 5.86. The van der Waals surface area contributed by atoms with Gasteiger partial charge in [-0.1, -0.05) is 0 Å². The molecular formula is C10H12N2O3. The van der Waals surface area contributed by atoms with Gasteiger partial charge in [-0.15, -0.1) is 0 Å². The van der Waals surface area contributed by atoms with Crippen molar-refractivity contribution in [1.82, 2.24) is 5.43 Å². The van der Waals surface area contributed by atoms with Gasteiger partial charge >= 0.3 is 0 Å². The second-order valence-corrected chi connectivity index (χ2v) is 3.02. The minimum Gasteiger partial charge on any atom is -0.504 e. The molecule has 1 aromatic rings. The van der Waals surface area contributed by atoms with Crippen LogP contribution in [0, 0.1) is 0 Å². The molecule has 0 saturated carbocycles. The highest BCUT2D eigenvalue weighted by Gasteiger charge is 2.07. The standard InChI is InChI=1S/C10H12N2O3/c1-6(5-13)10(12-11)7-2-3-8(14)9(15)4-7/h2-5,12,14-15H,11H2,1H3. The zero-order chi connectivity index (χ0) is 11.4.